The highest BCUT2D eigenvalue weighted by atomic mass is 16.5. The van der Waals surface area contributed by atoms with Crippen molar-refractivity contribution in [2.75, 3.05) is 7.11 Å². The Morgan fingerprint density at radius 2 is 1.68 bits per heavy atom. The van der Waals surface area contributed by atoms with Gasteiger partial charge >= 0.3 is 0 Å². The molecule has 0 bridgehead atoms. The highest BCUT2D eigenvalue weighted by Gasteiger charge is 2.07. The Labute approximate surface area is 114 Å². The Morgan fingerprint density at radius 3 is 2.32 bits per heavy atom. The van der Waals surface area contributed by atoms with Crippen LogP contribution >= 0.6 is 0 Å². The second-order valence-electron chi connectivity index (χ2n) is 4.67. The van der Waals surface area contributed by atoms with Crippen molar-refractivity contribution in [2.24, 2.45) is 0 Å². The third kappa shape index (κ3) is 3.68. The van der Waals surface area contributed by atoms with E-state index in [1.54, 1.807) is 7.11 Å². The quantitative estimate of drug-likeness (QED) is 0.817. The minimum Gasteiger partial charge on any atom is -0.497 e. The number of hydrogen-bond donors (Lipinski definition) is 0. The molecule has 0 amide bonds. The van der Waals surface area contributed by atoms with E-state index in [2.05, 4.69) is 0 Å². The molecule has 2 heteroatoms. The molecule has 0 saturated heterocycles. The Kier molecular flexibility index (Phi) is 4.35. The largest absolute Gasteiger partial charge is 0.497 e. The van der Waals surface area contributed by atoms with Crippen LogP contribution in [0, 0.1) is 6.92 Å². The van der Waals surface area contributed by atoms with Crippen LogP contribution in [0.2, 0.25) is 0 Å². The summed E-state index contributed by atoms with van der Waals surface area (Å²) in [6, 6.07) is 15.7. The zero-order valence-corrected chi connectivity index (χ0v) is 11.3. The molecule has 0 atom stereocenters. The number of methoxy groups -OCH3 is 1. The van der Waals surface area contributed by atoms with Gasteiger partial charge in [-0.2, -0.15) is 0 Å². The van der Waals surface area contributed by atoms with Crippen LogP contribution in [-0.2, 0) is 17.6 Å². The highest BCUT2D eigenvalue weighted by molar-refractivity contribution is 5.83. The zero-order valence-electron chi connectivity index (χ0n) is 11.3. The van der Waals surface area contributed by atoms with E-state index in [4.69, 9.17) is 4.74 Å². The molecule has 2 nitrogen and oxygen atoms in total. The van der Waals surface area contributed by atoms with Crippen LogP contribution in [0.25, 0.3) is 0 Å². The topological polar surface area (TPSA) is 26.3 Å². The van der Waals surface area contributed by atoms with Gasteiger partial charge in [0.2, 0.25) is 0 Å². The van der Waals surface area contributed by atoms with Crippen LogP contribution in [0.3, 0.4) is 0 Å². The molecular formula is C17H18O2. The number of ketones is 1. The lowest BCUT2D eigenvalue weighted by molar-refractivity contribution is -0.117. The van der Waals surface area contributed by atoms with Gasteiger partial charge in [-0.05, 0) is 35.7 Å². The summed E-state index contributed by atoms with van der Waals surface area (Å²) >= 11 is 0. The van der Waals surface area contributed by atoms with Crippen molar-refractivity contribution in [1.29, 1.82) is 0 Å². The molecular weight excluding hydrogens is 236 g/mol. The number of ether oxygens (including phenoxy) is 1. The van der Waals surface area contributed by atoms with E-state index in [0.717, 1.165) is 16.9 Å². The van der Waals surface area contributed by atoms with Gasteiger partial charge in [0.15, 0.2) is 0 Å². The van der Waals surface area contributed by atoms with E-state index >= 15 is 0 Å². The lowest BCUT2D eigenvalue weighted by Crippen LogP contribution is -2.07. The number of rotatable bonds is 5. The van der Waals surface area contributed by atoms with Crippen LogP contribution in [0.15, 0.2) is 48.5 Å². The molecule has 2 aromatic rings. The molecule has 0 fully saturated rings. The predicted octanol–water partition coefficient (Wildman–Crippen LogP) is 3.36. The van der Waals surface area contributed by atoms with Crippen LogP contribution < -0.4 is 4.74 Å². The Morgan fingerprint density at radius 1 is 1.00 bits per heavy atom. The first kappa shape index (κ1) is 13.3. The van der Waals surface area contributed by atoms with Crippen molar-refractivity contribution in [3.63, 3.8) is 0 Å². The van der Waals surface area contributed by atoms with Crippen molar-refractivity contribution < 1.29 is 9.53 Å². The van der Waals surface area contributed by atoms with Crippen molar-refractivity contribution in [1.82, 2.24) is 0 Å². The summed E-state index contributed by atoms with van der Waals surface area (Å²) in [5.41, 5.74) is 3.31. The van der Waals surface area contributed by atoms with E-state index in [1.807, 2.05) is 55.5 Å². The molecule has 0 saturated carbocycles. The molecule has 0 heterocycles. The van der Waals surface area contributed by atoms with Crippen molar-refractivity contribution >= 4 is 5.78 Å². The lowest BCUT2D eigenvalue weighted by Gasteiger charge is -2.06. The minimum atomic E-state index is 0.236. The number of hydrogen-bond acceptors (Lipinski definition) is 2. The Balaban J connectivity index is 1.99. The van der Waals surface area contributed by atoms with Crippen LogP contribution in [0.4, 0.5) is 0 Å². The summed E-state index contributed by atoms with van der Waals surface area (Å²) in [6.07, 6.45) is 0.969. The molecule has 0 radical (unpaired) electrons. The fraction of sp³-hybridized carbons (Fsp3) is 0.235. The molecule has 0 aliphatic carbocycles. The summed E-state index contributed by atoms with van der Waals surface area (Å²) < 4.78 is 5.10. The molecule has 0 spiro atoms. The maximum atomic E-state index is 12.1. The van der Waals surface area contributed by atoms with Gasteiger partial charge in [-0.15, -0.1) is 0 Å². The van der Waals surface area contributed by atoms with Gasteiger partial charge in [0, 0.05) is 12.8 Å². The van der Waals surface area contributed by atoms with E-state index < -0.39 is 0 Å². The molecule has 19 heavy (non-hydrogen) atoms. The normalized spacial score (nSPS) is 10.2. The number of Topliss-reactive ketones (excluding diaryl/α,β-unsaturated/α-hetero) is 1. The Bertz CT molecular complexity index is 556. The van der Waals surface area contributed by atoms with E-state index in [0.29, 0.717) is 12.8 Å². The lowest BCUT2D eigenvalue weighted by atomic mass is 9.99. The summed E-state index contributed by atoms with van der Waals surface area (Å²) in [4.78, 5) is 12.1. The van der Waals surface area contributed by atoms with E-state index in [1.165, 1.54) is 5.56 Å². The summed E-state index contributed by atoms with van der Waals surface area (Å²) in [5.74, 6) is 1.05. The molecule has 0 N–H and O–H groups in total. The number of benzene rings is 2. The third-order valence-electron chi connectivity index (χ3n) is 3.21. The first-order chi connectivity index (χ1) is 9.19. The highest BCUT2D eigenvalue weighted by Crippen LogP contribution is 2.13. The first-order valence-electron chi connectivity index (χ1n) is 6.38. The smallest absolute Gasteiger partial charge is 0.141 e. The minimum absolute atomic E-state index is 0.236. The molecule has 2 aromatic carbocycles. The second-order valence-corrected chi connectivity index (χ2v) is 4.67. The maximum Gasteiger partial charge on any atom is 0.141 e. The number of carbonyl (C=O) groups is 1. The van der Waals surface area contributed by atoms with Crippen LogP contribution in [0.5, 0.6) is 5.75 Å². The van der Waals surface area contributed by atoms with Crippen molar-refractivity contribution in [3.8, 4) is 5.75 Å². The van der Waals surface area contributed by atoms with E-state index in [-0.39, 0.29) is 5.78 Å². The average molecular weight is 254 g/mol. The zero-order chi connectivity index (χ0) is 13.7. The molecule has 0 unspecified atom stereocenters. The monoisotopic (exact) mass is 254 g/mol. The van der Waals surface area contributed by atoms with Gasteiger partial charge in [0.25, 0.3) is 0 Å². The van der Waals surface area contributed by atoms with E-state index in [9.17, 15) is 4.79 Å². The van der Waals surface area contributed by atoms with Gasteiger partial charge < -0.3 is 4.74 Å². The maximum absolute atomic E-state index is 12.1. The van der Waals surface area contributed by atoms with Gasteiger partial charge in [-0.1, -0.05) is 36.4 Å². The van der Waals surface area contributed by atoms with Gasteiger partial charge in [-0.3, -0.25) is 4.79 Å². The van der Waals surface area contributed by atoms with Gasteiger partial charge in [-0.25, -0.2) is 0 Å². The summed E-state index contributed by atoms with van der Waals surface area (Å²) in [6.45, 7) is 2.04. The average Bonchev–Trinajstić information content (AvgIpc) is 2.42. The van der Waals surface area contributed by atoms with Crippen molar-refractivity contribution in [2.45, 2.75) is 19.8 Å². The fourth-order valence-electron chi connectivity index (χ4n) is 2.05. The number of carbonyl (C=O) groups excluding carboxylic acids is 1. The number of aryl methyl sites for hydroxylation is 1. The van der Waals surface area contributed by atoms with Gasteiger partial charge in [0.1, 0.15) is 11.5 Å². The van der Waals surface area contributed by atoms with Crippen LogP contribution in [-0.4, -0.2) is 12.9 Å². The third-order valence-corrected chi connectivity index (χ3v) is 3.21. The van der Waals surface area contributed by atoms with Crippen LogP contribution in [0.1, 0.15) is 16.7 Å². The van der Waals surface area contributed by atoms with Crippen molar-refractivity contribution in [3.05, 3.63) is 65.2 Å². The standard InChI is InChI=1S/C17H18O2/c1-13-5-3-4-6-15(13)12-16(18)11-14-7-9-17(19-2)10-8-14/h3-10H,11-12H2,1-2H3. The second kappa shape index (κ2) is 6.19. The predicted molar refractivity (Wildman–Crippen MR) is 76.6 cm³/mol. The summed E-state index contributed by atoms with van der Waals surface area (Å²) in [7, 11) is 1.64. The molecule has 0 aliphatic heterocycles. The molecule has 2 rings (SSSR count). The first-order valence-corrected chi connectivity index (χ1v) is 6.38. The SMILES string of the molecule is COc1ccc(CC(=O)Cc2ccccc2C)cc1. The molecule has 0 aromatic heterocycles. The fourth-order valence-corrected chi connectivity index (χ4v) is 2.05. The molecule has 0 aliphatic rings. The summed E-state index contributed by atoms with van der Waals surface area (Å²) in [5, 5.41) is 0. The Hall–Kier alpha value is -2.09. The molecule has 98 valence electrons. The van der Waals surface area contributed by atoms with Gasteiger partial charge in [0.05, 0.1) is 7.11 Å².